The fourth-order valence-electron chi connectivity index (χ4n) is 3.62. The van der Waals surface area contributed by atoms with E-state index in [1.807, 2.05) is 49.4 Å². The highest BCUT2D eigenvalue weighted by Crippen LogP contribution is 2.37. The molecule has 0 spiro atoms. The Morgan fingerprint density at radius 3 is 2.52 bits per heavy atom. The van der Waals surface area contributed by atoms with Gasteiger partial charge in [0.15, 0.2) is 0 Å². The van der Waals surface area contributed by atoms with Crippen molar-refractivity contribution in [3.63, 3.8) is 0 Å². The van der Waals surface area contributed by atoms with Gasteiger partial charge in [0, 0.05) is 18.7 Å². The first-order chi connectivity index (χ1) is 13.2. The van der Waals surface area contributed by atoms with Crippen molar-refractivity contribution in [3.05, 3.63) is 70.3 Å². The van der Waals surface area contributed by atoms with Crippen LogP contribution >= 0.6 is 0 Å². The molecule has 0 aliphatic carbocycles. The smallest absolute Gasteiger partial charge is 0.261 e. The molecular formula is C22H21N3O2. The van der Waals surface area contributed by atoms with E-state index in [1.54, 1.807) is 21.6 Å². The van der Waals surface area contributed by atoms with Gasteiger partial charge < -0.3 is 4.90 Å². The van der Waals surface area contributed by atoms with Crippen molar-refractivity contribution in [1.29, 1.82) is 0 Å². The first kappa shape index (κ1) is 17.2. The summed E-state index contributed by atoms with van der Waals surface area (Å²) < 4.78 is 1.62. The number of hydrogen-bond acceptors (Lipinski definition) is 3. The molecule has 4 rings (SSSR count). The molecule has 0 N–H and O–H groups in total. The number of aromatic nitrogens is 2. The van der Waals surface area contributed by atoms with Crippen molar-refractivity contribution in [2.24, 2.45) is 0 Å². The Bertz CT molecular complexity index is 1130. The summed E-state index contributed by atoms with van der Waals surface area (Å²) in [6.07, 6.45) is 2.63. The summed E-state index contributed by atoms with van der Waals surface area (Å²) in [4.78, 5) is 32.4. The van der Waals surface area contributed by atoms with Crippen molar-refractivity contribution >= 4 is 34.1 Å². The van der Waals surface area contributed by atoms with E-state index in [1.165, 1.54) is 0 Å². The normalized spacial score (nSPS) is 15.0. The van der Waals surface area contributed by atoms with E-state index >= 15 is 0 Å². The quantitative estimate of drug-likeness (QED) is 0.667. The van der Waals surface area contributed by atoms with Crippen LogP contribution in [0.1, 0.15) is 31.7 Å². The third kappa shape index (κ3) is 2.76. The fourth-order valence-corrected chi connectivity index (χ4v) is 3.62. The van der Waals surface area contributed by atoms with Crippen molar-refractivity contribution in [2.45, 2.75) is 26.8 Å². The molecule has 0 radical (unpaired) electrons. The number of benzene rings is 2. The molecule has 0 fully saturated rings. The lowest BCUT2D eigenvalue weighted by Crippen LogP contribution is -2.27. The summed E-state index contributed by atoms with van der Waals surface area (Å²) in [7, 11) is 0. The number of anilines is 1. The lowest BCUT2D eigenvalue weighted by atomic mass is 10.1. The number of rotatable bonds is 4. The van der Waals surface area contributed by atoms with Gasteiger partial charge in [-0.3, -0.25) is 14.2 Å². The maximum Gasteiger partial charge on any atom is 0.261 e. The summed E-state index contributed by atoms with van der Waals surface area (Å²) in [5.41, 5.74) is 2.95. The van der Waals surface area contributed by atoms with Gasteiger partial charge in [-0.1, -0.05) is 37.3 Å². The van der Waals surface area contributed by atoms with E-state index in [0.29, 0.717) is 35.4 Å². The van der Waals surface area contributed by atoms with Crippen LogP contribution in [-0.4, -0.2) is 22.0 Å². The van der Waals surface area contributed by atoms with Crippen LogP contribution in [-0.2, 0) is 11.3 Å². The molecule has 1 aliphatic rings. The van der Waals surface area contributed by atoms with Crippen LogP contribution in [0.3, 0.4) is 0 Å². The summed E-state index contributed by atoms with van der Waals surface area (Å²) >= 11 is 0. The van der Waals surface area contributed by atoms with Crippen molar-refractivity contribution in [3.8, 4) is 0 Å². The molecule has 0 saturated carbocycles. The first-order valence-corrected chi connectivity index (χ1v) is 9.28. The molecule has 0 atom stereocenters. The maximum absolute atomic E-state index is 13.0. The van der Waals surface area contributed by atoms with Gasteiger partial charge in [-0.25, -0.2) is 4.98 Å². The molecule has 0 bridgehead atoms. The SMILES string of the molecule is CCCN1C(=O)/C(=C\c2nc3ccccc3c(=O)n2CC)c2ccccc21. The third-order valence-electron chi connectivity index (χ3n) is 4.89. The molecule has 5 heteroatoms. The summed E-state index contributed by atoms with van der Waals surface area (Å²) in [6, 6.07) is 15.1. The lowest BCUT2D eigenvalue weighted by molar-refractivity contribution is -0.113. The number of amides is 1. The first-order valence-electron chi connectivity index (χ1n) is 9.28. The number of para-hydroxylation sites is 2. The Morgan fingerprint density at radius 2 is 1.74 bits per heavy atom. The van der Waals surface area contributed by atoms with Gasteiger partial charge in [-0.15, -0.1) is 0 Å². The van der Waals surface area contributed by atoms with Crippen LogP contribution in [0.2, 0.25) is 0 Å². The van der Waals surface area contributed by atoms with Crippen LogP contribution in [0.4, 0.5) is 5.69 Å². The van der Waals surface area contributed by atoms with E-state index in [0.717, 1.165) is 17.7 Å². The molecule has 1 aliphatic heterocycles. The minimum atomic E-state index is -0.0842. The van der Waals surface area contributed by atoms with Gasteiger partial charge in [0.05, 0.1) is 22.2 Å². The average molecular weight is 359 g/mol. The Kier molecular flexibility index (Phi) is 4.36. The molecule has 2 aromatic carbocycles. The van der Waals surface area contributed by atoms with E-state index in [2.05, 4.69) is 11.9 Å². The topological polar surface area (TPSA) is 55.2 Å². The maximum atomic E-state index is 13.0. The number of nitrogens with zero attached hydrogens (tertiary/aromatic N) is 3. The summed E-state index contributed by atoms with van der Waals surface area (Å²) in [6.45, 7) is 5.12. The Morgan fingerprint density at radius 1 is 1.00 bits per heavy atom. The lowest BCUT2D eigenvalue weighted by Gasteiger charge is -2.15. The largest absolute Gasteiger partial charge is 0.308 e. The Hall–Kier alpha value is -3.21. The molecule has 0 unspecified atom stereocenters. The standard InChI is InChI=1S/C22H21N3O2/c1-3-13-25-19-12-8-6-9-15(19)17(22(25)27)14-20-23-18-11-7-5-10-16(18)21(26)24(20)4-2/h5-12,14H,3-4,13H2,1-2H3/b17-14-. The molecule has 5 nitrogen and oxygen atoms in total. The second-order valence-electron chi connectivity index (χ2n) is 6.57. The Balaban J connectivity index is 1.94. The van der Waals surface area contributed by atoms with Gasteiger partial charge in [-0.05, 0) is 37.6 Å². The monoisotopic (exact) mass is 359 g/mol. The van der Waals surface area contributed by atoms with Crippen LogP contribution in [0, 0.1) is 0 Å². The fraction of sp³-hybridized carbons (Fsp3) is 0.227. The van der Waals surface area contributed by atoms with Gasteiger partial charge in [0.1, 0.15) is 5.82 Å². The van der Waals surface area contributed by atoms with Gasteiger partial charge >= 0.3 is 0 Å². The molecule has 1 aromatic heterocycles. The van der Waals surface area contributed by atoms with Crippen LogP contribution in [0.15, 0.2) is 53.3 Å². The number of fused-ring (bicyclic) bond motifs is 2. The zero-order valence-corrected chi connectivity index (χ0v) is 15.5. The van der Waals surface area contributed by atoms with E-state index in [4.69, 9.17) is 0 Å². The second kappa shape index (κ2) is 6.83. The average Bonchev–Trinajstić information content (AvgIpc) is 2.95. The second-order valence-corrected chi connectivity index (χ2v) is 6.57. The van der Waals surface area contributed by atoms with Crippen molar-refractivity contribution < 1.29 is 4.79 Å². The van der Waals surface area contributed by atoms with Gasteiger partial charge in [0.25, 0.3) is 11.5 Å². The number of hydrogen-bond donors (Lipinski definition) is 0. The highest BCUT2D eigenvalue weighted by Gasteiger charge is 2.31. The molecule has 0 saturated heterocycles. The zero-order chi connectivity index (χ0) is 19.0. The predicted octanol–water partition coefficient (Wildman–Crippen LogP) is 3.71. The Labute approximate surface area is 157 Å². The number of carbonyl (C=O) groups is 1. The molecule has 1 amide bonds. The number of carbonyl (C=O) groups excluding carboxylic acids is 1. The van der Waals surface area contributed by atoms with Crippen LogP contribution in [0.5, 0.6) is 0 Å². The van der Waals surface area contributed by atoms with E-state index in [-0.39, 0.29) is 11.5 Å². The third-order valence-corrected chi connectivity index (χ3v) is 4.89. The van der Waals surface area contributed by atoms with Crippen molar-refractivity contribution in [2.75, 3.05) is 11.4 Å². The highest BCUT2D eigenvalue weighted by atomic mass is 16.2. The predicted molar refractivity (Wildman–Crippen MR) is 109 cm³/mol. The van der Waals surface area contributed by atoms with Gasteiger partial charge in [0.2, 0.25) is 0 Å². The molecule has 3 aromatic rings. The minimum Gasteiger partial charge on any atom is -0.308 e. The molecular weight excluding hydrogens is 338 g/mol. The van der Waals surface area contributed by atoms with E-state index < -0.39 is 0 Å². The highest BCUT2D eigenvalue weighted by molar-refractivity contribution is 6.35. The summed E-state index contributed by atoms with van der Waals surface area (Å²) in [5, 5.41) is 0.590. The molecule has 27 heavy (non-hydrogen) atoms. The van der Waals surface area contributed by atoms with Crippen LogP contribution < -0.4 is 10.5 Å². The molecule has 136 valence electrons. The molecule has 2 heterocycles. The minimum absolute atomic E-state index is 0.0388. The van der Waals surface area contributed by atoms with E-state index in [9.17, 15) is 9.59 Å². The van der Waals surface area contributed by atoms with Gasteiger partial charge in [-0.2, -0.15) is 0 Å². The zero-order valence-electron chi connectivity index (χ0n) is 15.5. The van der Waals surface area contributed by atoms with Crippen molar-refractivity contribution in [1.82, 2.24) is 9.55 Å². The van der Waals surface area contributed by atoms with Crippen LogP contribution in [0.25, 0.3) is 22.6 Å². The summed E-state index contributed by atoms with van der Waals surface area (Å²) in [5.74, 6) is 0.473.